The minimum Gasteiger partial charge on any atom is -0.455 e. The van der Waals surface area contributed by atoms with Gasteiger partial charge in [-0.2, -0.15) is 0 Å². The number of nitrogens with zero attached hydrogens (tertiary/aromatic N) is 1. The van der Waals surface area contributed by atoms with Gasteiger partial charge in [0, 0.05) is 25.1 Å². The number of anilines is 1. The van der Waals surface area contributed by atoms with Crippen molar-refractivity contribution >= 4 is 23.6 Å². The average Bonchev–Trinajstić information content (AvgIpc) is 2.86. The van der Waals surface area contributed by atoms with Gasteiger partial charge in [0.2, 0.25) is 11.8 Å². The topological polar surface area (TPSA) is 58.6 Å². The van der Waals surface area contributed by atoms with Gasteiger partial charge in [-0.25, -0.2) is 0 Å². The van der Waals surface area contributed by atoms with Crippen LogP contribution in [0.15, 0.2) is 84.9 Å². The Morgan fingerprint density at radius 1 is 0.909 bits per heavy atom. The molecule has 1 N–H and O–H groups in total. The lowest BCUT2D eigenvalue weighted by Crippen LogP contribution is -2.40. The number of ether oxygens (including phenoxy) is 1. The van der Waals surface area contributed by atoms with Gasteiger partial charge in [0.05, 0.1) is 5.69 Å². The highest BCUT2D eigenvalue weighted by molar-refractivity contribution is 5.95. The van der Waals surface area contributed by atoms with E-state index in [0.717, 1.165) is 16.9 Å². The molecular formula is C28H28N2O3. The molecule has 0 aliphatic carbocycles. The lowest BCUT2D eigenvalue weighted by atomic mass is 9.95. The second-order valence-corrected chi connectivity index (χ2v) is 8.24. The van der Waals surface area contributed by atoms with Crippen molar-refractivity contribution in [2.75, 3.05) is 18.4 Å². The fraction of sp³-hybridized carbons (Fsp3) is 0.214. The first kappa shape index (κ1) is 22.3. The Balaban J connectivity index is 1.32. The zero-order chi connectivity index (χ0) is 23.0. The summed E-state index contributed by atoms with van der Waals surface area (Å²) in [5, 5.41) is 3.02. The van der Waals surface area contributed by atoms with E-state index in [0.29, 0.717) is 37.4 Å². The highest BCUT2D eigenvalue weighted by atomic mass is 16.5. The molecule has 3 aromatic carbocycles. The van der Waals surface area contributed by atoms with Crippen LogP contribution in [0.4, 0.5) is 5.69 Å². The highest BCUT2D eigenvalue weighted by Gasteiger charge is 2.27. The molecule has 168 valence electrons. The molecule has 0 saturated carbocycles. The Hall–Kier alpha value is -3.86. The number of nitrogens with one attached hydrogen (secondary N) is 1. The molecule has 0 radical (unpaired) electrons. The predicted molar refractivity (Wildman–Crippen MR) is 131 cm³/mol. The summed E-state index contributed by atoms with van der Waals surface area (Å²) >= 11 is 0. The van der Waals surface area contributed by atoms with Crippen molar-refractivity contribution in [2.45, 2.75) is 19.8 Å². The van der Waals surface area contributed by atoms with E-state index in [4.69, 9.17) is 4.74 Å². The molecule has 5 heteroatoms. The van der Waals surface area contributed by atoms with Crippen LogP contribution in [-0.4, -0.2) is 29.8 Å². The van der Waals surface area contributed by atoms with E-state index in [1.54, 1.807) is 11.0 Å². The Morgan fingerprint density at radius 3 is 2.30 bits per heavy atom. The summed E-state index contributed by atoms with van der Waals surface area (Å²) in [6, 6.07) is 25.0. The molecule has 2 amide bonds. The molecule has 0 spiro atoms. The molecular weight excluding hydrogens is 412 g/mol. The van der Waals surface area contributed by atoms with Crippen LogP contribution >= 0.6 is 0 Å². The standard InChI is InChI=1S/C28H28N2O3/c1-21-11-14-24(15-12-21)33-26-10-6-5-9-25(26)29-28(32)23-17-19-30(20-18-23)27(31)16-13-22-7-3-2-4-8-22/h2-16,23H,17-20H2,1H3,(H,29,32)/b16-13+. The minimum absolute atomic E-state index is 0.0189. The number of hydrogen-bond acceptors (Lipinski definition) is 3. The highest BCUT2D eigenvalue weighted by Crippen LogP contribution is 2.30. The lowest BCUT2D eigenvalue weighted by Gasteiger charge is -2.30. The van der Waals surface area contributed by atoms with Gasteiger partial charge in [0.15, 0.2) is 5.75 Å². The van der Waals surface area contributed by atoms with Gasteiger partial charge in [-0.15, -0.1) is 0 Å². The molecule has 0 unspecified atom stereocenters. The summed E-state index contributed by atoms with van der Waals surface area (Å²) in [6.45, 7) is 3.16. The van der Waals surface area contributed by atoms with E-state index < -0.39 is 0 Å². The van der Waals surface area contributed by atoms with Gasteiger partial charge in [0.1, 0.15) is 5.75 Å². The number of carbonyl (C=O) groups is 2. The molecule has 0 aromatic heterocycles. The summed E-state index contributed by atoms with van der Waals surface area (Å²) < 4.78 is 5.99. The summed E-state index contributed by atoms with van der Waals surface area (Å²) in [5.74, 6) is 1.13. The van der Waals surface area contributed by atoms with Gasteiger partial charge in [0.25, 0.3) is 0 Å². The summed E-state index contributed by atoms with van der Waals surface area (Å²) in [4.78, 5) is 27.2. The fourth-order valence-electron chi connectivity index (χ4n) is 3.83. The number of piperidine rings is 1. The van der Waals surface area contributed by atoms with Crippen molar-refractivity contribution in [1.29, 1.82) is 0 Å². The number of carbonyl (C=O) groups excluding carboxylic acids is 2. The van der Waals surface area contributed by atoms with Crippen LogP contribution in [0.2, 0.25) is 0 Å². The molecule has 1 heterocycles. The molecule has 1 saturated heterocycles. The van der Waals surface area contributed by atoms with Crippen molar-refractivity contribution in [3.8, 4) is 11.5 Å². The fourth-order valence-corrected chi connectivity index (χ4v) is 3.83. The van der Waals surface area contributed by atoms with E-state index in [1.807, 2.05) is 91.9 Å². The van der Waals surface area contributed by atoms with Gasteiger partial charge in [-0.1, -0.05) is 60.2 Å². The van der Waals surface area contributed by atoms with Gasteiger partial charge >= 0.3 is 0 Å². The van der Waals surface area contributed by atoms with E-state index >= 15 is 0 Å². The van der Waals surface area contributed by atoms with E-state index in [1.165, 1.54) is 0 Å². The summed E-state index contributed by atoms with van der Waals surface area (Å²) in [6.07, 6.45) is 4.70. The normalized spacial score (nSPS) is 14.3. The largest absolute Gasteiger partial charge is 0.455 e. The number of para-hydroxylation sites is 2. The number of amides is 2. The Labute approximate surface area is 194 Å². The smallest absolute Gasteiger partial charge is 0.246 e. The molecule has 1 fully saturated rings. The number of hydrogen-bond donors (Lipinski definition) is 1. The van der Waals surface area contributed by atoms with Crippen molar-refractivity contribution in [3.63, 3.8) is 0 Å². The molecule has 0 bridgehead atoms. The number of aryl methyl sites for hydroxylation is 1. The number of benzene rings is 3. The minimum atomic E-state index is -0.139. The van der Waals surface area contributed by atoms with Gasteiger partial charge in [-0.05, 0) is 55.7 Å². The van der Waals surface area contributed by atoms with Crippen LogP contribution in [0.1, 0.15) is 24.0 Å². The van der Waals surface area contributed by atoms with Crippen LogP contribution in [-0.2, 0) is 9.59 Å². The van der Waals surface area contributed by atoms with Gasteiger partial charge in [-0.3, -0.25) is 9.59 Å². The predicted octanol–water partition coefficient (Wildman–Crippen LogP) is 5.68. The number of likely N-dealkylation sites (tertiary alicyclic amines) is 1. The molecule has 5 nitrogen and oxygen atoms in total. The molecule has 33 heavy (non-hydrogen) atoms. The molecule has 1 aliphatic rings. The van der Waals surface area contributed by atoms with Crippen LogP contribution in [0.5, 0.6) is 11.5 Å². The van der Waals surface area contributed by atoms with Crippen LogP contribution < -0.4 is 10.1 Å². The quantitative estimate of drug-likeness (QED) is 0.502. The van der Waals surface area contributed by atoms with Crippen molar-refractivity contribution in [3.05, 3.63) is 96.1 Å². The maximum atomic E-state index is 12.9. The van der Waals surface area contributed by atoms with Gasteiger partial charge < -0.3 is 15.0 Å². The average molecular weight is 441 g/mol. The third-order valence-corrected chi connectivity index (χ3v) is 5.79. The zero-order valence-corrected chi connectivity index (χ0v) is 18.7. The van der Waals surface area contributed by atoms with Crippen LogP contribution in [0.3, 0.4) is 0 Å². The first-order valence-electron chi connectivity index (χ1n) is 11.2. The van der Waals surface area contributed by atoms with Crippen molar-refractivity contribution < 1.29 is 14.3 Å². The van der Waals surface area contributed by atoms with E-state index in [2.05, 4.69) is 5.32 Å². The summed E-state index contributed by atoms with van der Waals surface area (Å²) in [5.41, 5.74) is 2.79. The molecule has 4 rings (SSSR count). The Morgan fingerprint density at radius 2 is 1.58 bits per heavy atom. The Kier molecular flexibility index (Phi) is 7.20. The van der Waals surface area contributed by atoms with Crippen molar-refractivity contribution in [1.82, 2.24) is 4.90 Å². The van der Waals surface area contributed by atoms with Crippen molar-refractivity contribution in [2.24, 2.45) is 5.92 Å². The zero-order valence-electron chi connectivity index (χ0n) is 18.7. The first-order valence-corrected chi connectivity index (χ1v) is 11.2. The SMILES string of the molecule is Cc1ccc(Oc2ccccc2NC(=O)C2CCN(C(=O)/C=C/c3ccccc3)CC2)cc1. The molecule has 3 aromatic rings. The second-order valence-electron chi connectivity index (χ2n) is 8.24. The summed E-state index contributed by atoms with van der Waals surface area (Å²) in [7, 11) is 0. The monoisotopic (exact) mass is 440 g/mol. The third-order valence-electron chi connectivity index (χ3n) is 5.79. The Bertz CT molecular complexity index is 1120. The number of rotatable bonds is 6. The maximum absolute atomic E-state index is 12.9. The van der Waals surface area contributed by atoms with E-state index in [-0.39, 0.29) is 17.7 Å². The molecule has 1 aliphatic heterocycles. The lowest BCUT2D eigenvalue weighted by molar-refractivity contribution is -0.130. The van der Waals surface area contributed by atoms with Crippen LogP contribution in [0.25, 0.3) is 6.08 Å². The first-order chi connectivity index (χ1) is 16.1. The second kappa shape index (κ2) is 10.6. The molecule has 0 atom stereocenters. The van der Waals surface area contributed by atoms with Crippen LogP contribution in [0, 0.1) is 12.8 Å². The third kappa shape index (κ3) is 6.10. The van der Waals surface area contributed by atoms with E-state index in [9.17, 15) is 9.59 Å². The maximum Gasteiger partial charge on any atom is 0.246 e.